The molecule has 0 saturated carbocycles. The van der Waals surface area contributed by atoms with E-state index in [1.54, 1.807) is 6.07 Å². The molecule has 0 radical (unpaired) electrons. The predicted octanol–water partition coefficient (Wildman–Crippen LogP) is 3.04. The zero-order chi connectivity index (χ0) is 16.6. The Balaban J connectivity index is 1.99. The molecule has 1 aliphatic heterocycles. The van der Waals surface area contributed by atoms with E-state index in [0.29, 0.717) is 31.1 Å². The van der Waals surface area contributed by atoms with Gasteiger partial charge in [0, 0.05) is 12.6 Å². The van der Waals surface area contributed by atoms with E-state index in [4.69, 9.17) is 4.52 Å². The van der Waals surface area contributed by atoms with Gasteiger partial charge in [-0.25, -0.2) is 17.2 Å². The molecule has 0 spiro atoms. The van der Waals surface area contributed by atoms with Crippen LogP contribution in [-0.2, 0) is 16.4 Å². The van der Waals surface area contributed by atoms with Crippen LogP contribution >= 0.6 is 0 Å². The summed E-state index contributed by atoms with van der Waals surface area (Å²) in [6.45, 7) is 2.14. The summed E-state index contributed by atoms with van der Waals surface area (Å²) < 4.78 is 59.1. The summed E-state index contributed by atoms with van der Waals surface area (Å²) in [6.07, 6.45) is 1.83. The summed E-state index contributed by atoms with van der Waals surface area (Å²) in [4.78, 5) is -0.653. The normalized spacial score (nSPS) is 19.3. The van der Waals surface area contributed by atoms with Gasteiger partial charge in [0.25, 0.3) is 0 Å². The van der Waals surface area contributed by atoms with Gasteiger partial charge in [0.15, 0.2) is 5.76 Å². The highest BCUT2D eigenvalue weighted by Crippen LogP contribution is 2.37. The maximum atomic E-state index is 13.9. The number of benzene rings is 1. The number of nitrogens with zero attached hydrogens (tertiary/aromatic N) is 2. The molecule has 1 unspecified atom stereocenters. The van der Waals surface area contributed by atoms with Crippen LogP contribution < -0.4 is 0 Å². The van der Waals surface area contributed by atoms with E-state index in [0.717, 1.165) is 22.1 Å². The third-order valence-electron chi connectivity index (χ3n) is 3.95. The van der Waals surface area contributed by atoms with E-state index < -0.39 is 32.6 Å². The number of aryl methyl sites for hydroxylation is 1. The zero-order valence-corrected chi connectivity index (χ0v) is 13.3. The minimum Gasteiger partial charge on any atom is -0.359 e. The SMILES string of the molecule is CCc1cc(C2CCCN2S(=O)(=O)c2cc(F)ccc2F)on1. The molecule has 1 aromatic carbocycles. The van der Waals surface area contributed by atoms with Crippen LogP contribution in [0, 0.1) is 11.6 Å². The molecule has 8 heteroatoms. The highest BCUT2D eigenvalue weighted by Gasteiger charge is 2.39. The van der Waals surface area contributed by atoms with Crippen LogP contribution in [0.1, 0.15) is 37.3 Å². The van der Waals surface area contributed by atoms with Crippen LogP contribution in [0.15, 0.2) is 33.7 Å². The Bertz CT molecular complexity index is 820. The van der Waals surface area contributed by atoms with Crippen LogP contribution in [-0.4, -0.2) is 24.4 Å². The van der Waals surface area contributed by atoms with Gasteiger partial charge in [0.1, 0.15) is 16.5 Å². The highest BCUT2D eigenvalue weighted by molar-refractivity contribution is 7.89. The fourth-order valence-electron chi connectivity index (χ4n) is 2.77. The van der Waals surface area contributed by atoms with Gasteiger partial charge in [-0.2, -0.15) is 4.31 Å². The Hall–Kier alpha value is -1.80. The maximum absolute atomic E-state index is 13.9. The van der Waals surface area contributed by atoms with Gasteiger partial charge in [0.2, 0.25) is 10.0 Å². The van der Waals surface area contributed by atoms with Crippen molar-refractivity contribution in [3.63, 3.8) is 0 Å². The number of hydrogen-bond acceptors (Lipinski definition) is 4. The third-order valence-corrected chi connectivity index (χ3v) is 5.87. The summed E-state index contributed by atoms with van der Waals surface area (Å²) >= 11 is 0. The van der Waals surface area contributed by atoms with Crippen molar-refractivity contribution in [2.45, 2.75) is 37.1 Å². The fourth-order valence-corrected chi connectivity index (χ4v) is 4.51. The van der Waals surface area contributed by atoms with Crippen LogP contribution in [0.3, 0.4) is 0 Å². The van der Waals surface area contributed by atoms with Gasteiger partial charge in [-0.3, -0.25) is 0 Å². The maximum Gasteiger partial charge on any atom is 0.246 e. The molecule has 1 aromatic heterocycles. The number of halogens is 2. The first-order chi connectivity index (χ1) is 10.9. The average molecular weight is 342 g/mol. The van der Waals surface area contributed by atoms with Crippen molar-refractivity contribution in [2.24, 2.45) is 0 Å². The van der Waals surface area contributed by atoms with Crippen molar-refractivity contribution in [2.75, 3.05) is 6.54 Å². The zero-order valence-electron chi connectivity index (χ0n) is 12.5. The van der Waals surface area contributed by atoms with Gasteiger partial charge >= 0.3 is 0 Å². The van der Waals surface area contributed by atoms with Crippen molar-refractivity contribution in [1.29, 1.82) is 0 Å². The Kier molecular flexibility index (Phi) is 4.20. The first kappa shape index (κ1) is 16.1. The Morgan fingerprint density at radius 3 is 2.83 bits per heavy atom. The predicted molar refractivity (Wildman–Crippen MR) is 78.1 cm³/mol. The van der Waals surface area contributed by atoms with E-state index in [1.165, 1.54) is 0 Å². The lowest BCUT2D eigenvalue weighted by Crippen LogP contribution is -2.31. The molecule has 2 aromatic rings. The van der Waals surface area contributed by atoms with Crippen molar-refractivity contribution in [1.82, 2.24) is 9.46 Å². The second kappa shape index (κ2) is 6.01. The van der Waals surface area contributed by atoms with Gasteiger partial charge in [0.05, 0.1) is 11.7 Å². The van der Waals surface area contributed by atoms with Crippen LogP contribution in [0.4, 0.5) is 8.78 Å². The number of sulfonamides is 1. The minimum absolute atomic E-state index is 0.227. The van der Waals surface area contributed by atoms with E-state index in [9.17, 15) is 17.2 Å². The quantitative estimate of drug-likeness (QED) is 0.857. The summed E-state index contributed by atoms with van der Waals surface area (Å²) in [7, 11) is -4.16. The van der Waals surface area contributed by atoms with Crippen molar-refractivity contribution >= 4 is 10.0 Å². The molecule has 2 heterocycles. The number of aromatic nitrogens is 1. The monoisotopic (exact) mass is 342 g/mol. The Labute approximate surface area is 132 Å². The average Bonchev–Trinajstić information content (AvgIpc) is 3.17. The summed E-state index contributed by atoms with van der Waals surface area (Å²) in [6, 6.07) is 3.57. The second-order valence-corrected chi connectivity index (χ2v) is 7.28. The van der Waals surface area contributed by atoms with E-state index in [2.05, 4.69) is 5.16 Å². The largest absolute Gasteiger partial charge is 0.359 e. The topological polar surface area (TPSA) is 63.4 Å². The highest BCUT2D eigenvalue weighted by atomic mass is 32.2. The van der Waals surface area contributed by atoms with E-state index in [1.807, 2.05) is 6.92 Å². The first-order valence-electron chi connectivity index (χ1n) is 7.36. The molecule has 1 saturated heterocycles. The third kappa shape index (κ3) is 2.88. The second-order valence-electron chi connectivity index (χ2n) is 5.42. The van der Waals surface area contributed by atoms with Crippen LogP contribution in [0.25, 0.3) is 0 Å². The van der Waals surface area contributed by atoms with Crippen molar-refractivity contribution < 1.29 is 21.7 Å². The van der Waals surface area contributed by atoms with E-state index >= 15 is 0 Å². The van der Waals surface area contributed by atoms with Gasteiger partial charge in [-0.1, -0.05) is 12.1 Å². The minimum atomic E-state index is -4.16. The lowest BCUT2D eigenvalue weighted by molar-refractivity contribution is 0.296. The molecule has 0 aliphatic carbocycles. The lowest BCUT2D eigenvalue weighted by Gasteiger charge is -2.22. The van der Waals surface area contributed by atoms with Gasteiger partial charge in [-0.15, -0.1) is 0 Å². The van der Waals surface area contributed by atoms with Crippen molar-refractivity contribution in [3.8, 4) is 0 Å². The Morgan fingerprint density at radius 1 is 1.35 bits per heavy atom. The standard InChI is InChI=1S/C15H16F2N2O3S/c1-2-11-9-14(22-18-11)13-4-3-7-19(13)23(20,21)15-8-10(16)5-6-12(15)17/h5-6,8-9,13H,2-4,7H2,1H3. The number of hydrogen-bond donors (Lipinski definition) is 0. The molecule has 23 heavy (non-hydrogen) atoms. The molecule has 0 bridgehead atoms. The molecule has 0 amide bonds. The molecule has 1 fully saturated rings. The summed E-state index contributed by atoms with van der Waals surface area (Å²) in [5.41, 5.74) is 0.723. The molecule has 5 nitrogen and oxygen atoms in total. The van der Waals surface area contributed by atoms with Crippen LogP contribution in [0.2, 0.25) is 0 Å². The first-order valence-corrected chi connectivity index (χ1v) is 8.80. The van der Waals surface area contributed by atoms with Gasteiger partial charge in [-0.05, 0) is 37.5 Å². The fraction of sp³-hybridized carbons (Fsp3) is 0.400. The molecule has 0 N–H and O–H groups in total. The lowest BCUT2D eigenvalue weighted by atomic mass is 10.1. The van der Waals surface area contributed by atoms with Crippen molar-refractivity contribution in [3.05, 3.63) is 47.4 Å². The molecular weight excluding hydrogens is 326 g/mol. The molecule has 1 atom stereocenters. The summed E-state index contributed by atoms with van der Waals surface area (Å²) in [5, 5.41) is 3.87. The smallest absolute Gasteiger partial charge is 0.246 e. The van der Waals surface area contributed by atoms with Gasteiger partial charge < -0.3 is 4.52 Å². The van der Waals surface area contributed by atoms with E-state index in [-0.39, 0.29) is 6.54 Å². The molecule has 3 rings (SSSR count). The number of rotatable bonds is 4. The molecule has 124 valence electrons. The molecular formula is C15H16F2N2O3S. The van der Waals surface area contributed by atoms with Crippen LogP contribution in [0.5, 0.6) is 0 Å². The Morgan fingerprint density at radius 2 is 2.13 bits per heavy atom. The molecule has 1 aliphatic rings. The summed E-state index contributed by atoms with van der Waals surface area (Å²) in [5.74, 6) is -1.34.